The third-order valence-corrected chi connectivity index (χ3v) is 2.51. The molecule has 0 amide bonds. The Morgan fingerprint density at radius 3 is 2.75 bits per heavy atom. The van der Waals surface area contributed by atoms with Crippen molar-refractivity contribution in [3.05, 3.63) is 29.6 Å². The van der Waals surface area contributed by atoms with Crippen molar-refractivity contribution in [2.45, 2.75) is 25.7 Å². The van der Waals surface area contributed by atoms with Crippen LogP contribution in [-0.2, 0) is 19.9 Å². The van der Waals surface area contributed by atoms with Crippen molar-refractivity contribution >= 4 is 0 Å². The minimum Gasteiger partial charge on any atom is -0.870 e. The summed E-state index contributed by atoms with van der Waals surface area (Å²) < 4.78 is 2.26. The molecule has 0 fully saturated rings. The molecule has 12 heavy (non-hydrogen) atoms. The van der Waals surface area contributed by atoms with Gasteiger partial charge in [0.25, 0.3) is 0 Å². The van der Waals surface area contributed by atoms with Crippen LogP contribution in [0.15, 0.2) is 18.3 Å². The molecule has 0 saturated carbocycles. The molecule has 0 unspecified atom stereocenters. The molecule has 1 N–H and O–H groups in total. The van der Waals surface area contributed by atoms with Crippen molar-refractivity contribution < 1.29 is 10.0 Å². The Morgan fingerprint density at radius 1 is 1.25 bits per heavy atom. The fourth-order valence-electron chi connectivity index (χ4n) is 1.87. The largest absolute Gasteiger partial charge is 0.870 e. The van der Waals surface area contributed by atoms with Gasteiger partial charge in [-0.25, -0.2) is 4.57 Å². The normalized spacial score (nSPS) is 14.8. The first kappa shape index (κ1) is 9.20. The van der Waals surface area contributed by atoms with Crippen molar-refractivity contribution in [3.63, 3.8) is 0 Å². The molecule has 2 rings (SSSR count). The number of hydrogen-bond donors (Lipinski definition) is 0. The molecule has 1 aliphatic carbocycles. The zero-order valence-corrected chi connectivity index (χ0v) is 7.45. The Balaban J connectivity index is 0.000000720. The van der Waals surface area contributed by atoms with Gasteiger partial charge in [-0.2, -0.15) is 0 Å². The first-order valence-electron chi connectivity index (χ1n) is 4.34. The van der Waals surface area contributed by atoms with E-state index in [0.717, 1.165) is 0 Å². The smallest absolute Gasteiger partial charge is 0.184 e. The van der Waals surface area contributed by atoms with Gasteiger partial charge in [0.05, 0.1) is 0 Å². The lowest BCUT2D eigenvalue weighted by Gasteiger charge is -2.11. The number of hydrogen-bond acceptors (Lipinski definition) is 1. The lowest BCUT2D eigenvalue weighted by molar-refractivity contribution is -0.679. The first-order valence-corrected chi connectivity index (χ1v) is 4.34. The van der Waals surface area contributed by atoms with Crippen LogP contribution in [0.2, 0.25) is 0 Å². The van der Waals surface area contributed by atoms with E-state index in [-0.39, 0.29) is 5.48 Å². The molecular weight excluding hydrogens is 150 g/mol. The SMILES string of the molecule is C[n+]1cccc2c1CCCC2.[OH-]. The highest BCUT2D eigenvalue weighted by molar-refractivity contribution is 5.17. The summed E-state index contributed by atoms with van der Waals surface area (Å²) in [6.45, 7) is 0. The zero-order valence-electron chi connectivity index (χ0n) is 7.45. The molecule has 1 heterocycles. The molecule has 0 radical (unpaired) electrons. The topological polar surface area (TPSA) is 33.9 Å². The first-order chi connectivity index (χ1) is 5.38. The number of rotatable bonds is 0. The van der Waals surface area contributed by atoms with Gasteiger partial charge in [0, 0.05) is 18.1 Å². The fourth-order valence-corrected chi connectivity index (χ4v) is 1.87. The molecule has 1 aliphatic rings. The molecule has 66 valence electrons. The second-order valence-corrected chi connectivity index (χ2v) is 3.30. The van der Waals surface area contributed by atoms with Crippen LogP contribution in [0.1, 0.15) is 24.1 Å². The van der Waals surface area contributed by atoms with E-state index >= 15 is 0 Å². The van der Waals surface area contributed by atoms with E-state index < -0.39 is 0 Å². The minimum absolute atomic E-state index is 0. The van der Waals surface area contributed by atoms with E-state index in [2.05, 4.69) is 29.9 Å². The van der Waals surface area contributed by atoms with Crippen LogP contribution >= 0.6 is 0 Å². The second kappa shape index (κ2) is 3.68. The standard InChI is InChI=1S/C10H14N.H2O/c1-11-8-4-6-9-5-2-3-7-10(9)11;/h4,6,8H,2-3,5,7H2,1H3;1H2/q+1;/p-1. The number of nitrogens with zero attached hydrogens (tertiary/aromatic N) is 1. The quantitative estimate of drug-likeness (QED) is 0.532. The predicted molar refractivity (Wildman–Crippen MR) is 46.2 cm³/mol. The van der Waals surface area contributed by atoms with Crippen LogP contribution in [0.5, 0.6) is 0 Å². The fraction of sp³-hybridized carbons (Fsp3) is 0.500. The van der Waals surface area contributed by atoms with Gasteiger partial charge in [-0.05, 0) is 25.3 Å². The van der Waals surface area contributed by atoms with Gasteiger partial charge in [0.1, 0.15) is 7.05 Å². The molecule has 0 aliphatic heterocycles. The Labute approximate surface area is 73.2 Å². The molecule has 1 aromatic rings. The molecule has 2 nitrogen and oxygen atoms in total. The highest BCUT2D eigenvalue weighted by Crippen LogP contribution is 2.16. The molecule has 0 bridgehead atoms. The van der Waals surface area contributed by atoms with Crippen LogP contribution in [0.25, 0.3) is 0 Å². The van der Waals surface area contributed by atoms with E-state index in [1.165, 1.54) is 25.7 Å². The van der Waals surface area contributed by atoms with E-state index in [1.54, 1.807) is 11.3 Å². The van der Waals surface area contributed by atoms with Crippen LogP contribution in [-0.4, -0.2) is 5.48 Å². The molecule has 0 saturated heterocycles. The summed E-state index contributed by atoms with van der Waals surface area (Å²) in [5.41, 5.74) is 3.10. The lowest BCUT2D eigenvalue weighted by atomic mass is 9.96. The van der Waals surface area contributed by atoms with Crippen LogP contribution in [0, 0.1) is 0 Å². The Kier molecular flexibility index (Phi) is 2.82. The summed E-state index contributed by atoms with van der Waals surface area (Å²) >= 11 is 0. The monoisotopic (exact) mass is 165 g/mol. The summed E-state index contributed by atoms with van der Waals surface area (Å²) in [7, 11) is 2.14. The third kappa shape index (κ3) is 1.48. The maximum Gasteiger partial charge on any atom is 0.184 e. The van der Waals surface area contributed by atoms with Crippen molar-refractivity contribution in [3.8, 4) is 0 Å². The predicted octanol–water partition coefficient (Wildman–Crippen LogP) is 1.21. The summed E-state index contributed by atoms with van der Waals surface area (Å²) in [4.78, 5) is 0. The summed E-state index contributed by atoms with van der Waals surface area (Å²) in [6, 6.07) is 4.40. The van der Waals surface area contributed by atoms with E-state index in [1.807, 2.05) is 0 Å². The van der Waals surface area contributed by atoms with Crippen molar-refractivity contribution in [2.24, 2.45) is 7.05 Å². The van der Waals surface area contributed by atoms with Gasteiger partial charge in [0.15, 0.2) is 11.9 Å². The van der Waals surface area contributed by atoms with E-state index in [9.17, 15) is 0 Å². The lowest BCUT2D eigenvalue weighted by Crippen LogP contribution is -2.35. The van der Waals surface area contributed by atoms with Gasteiger partial charge in [-0.15, -0.1) is 0 Å². The Bertz CT molecular complexity index is 271. The maximum absolute atomic E-state index is 2.26. The van der Waals surface area contributed by atoms with Crippen LogP contribution in [0.3, 0.4) is 0 Å². The maximum atomic E-state index is 2.26. The molecule has 0 spiro atoms. The van der Waals surface area contributed by atoms with Crippen molar-refractivity contribution in [1.29, 1.82) is 0 Å². The van der Waals surface area contributed by atoms with Gasteiger partial charge >= 0.3 is 0 Å². The van der Waals surface area contributed by atoms with Crippen molar-refractivity contribution in [1.82, 2.24) is 0 Å². The van der Waals surface area contributed by atoms with Crippen molar-refractivity contribution in [2.75, 3.05) is 0 Å². The Hall–Kier alpha value is -0.890. The number of pyridine rings is 1. The minimum atomic E-state index is 0. The number of aromatic nitrogens is 1. The van der Waals surface area contributed by atoms with Gasteiger partial charge in [0.2, 0.25) is 0 Å². The van der Waals surface area contributed by atoms with Gasteiger partial charge < -0.3 is 5.48 Å². The zero-order chi connectivity index (χ0) is 7.68. The summed E-state index contributed by atoms with van der Waals surface area (Å²) in [5, 5.41) is 0. The molecule has 0 aromatic carbocycles. The third-order valence-electron chi connectivity index (χ3n) is 2.51. The van der Waals surface area contributed by atoms with Gasteiger partial charge in [-0.1, -0.05) is 0 Å². The van der Waals surface area contributed by atoms with E-state index in [0.29, 0.717) is 0 Å². The highest BCUT2D eigenvalue weighted by atomic mass is 16.0. The average Bonchev–Trinajstić information content (AvgIpc) is 2.06. The highest BCUT2D eigenvalue weighted by Gasteiger charge is 2.15. The molecule has 0 atom stereocenters. The van der Waals surface area contributed by atoms with E-state index in [4.69, 9.17) is 0 Å². The second-order valence-electron chi connectivity index (χ2n) is 3.30. The Morgan fingerprint density at radius 2 is 2.00 bits per heavy atom. The summed E-state index contributed by atoms with van der Waals surface area (Å²) in [5.74, 6) is 0. The molecule has 2 heteroatoms. The van der Waals surface area contributed by atoms with Crippen LogP contribution in [0.4, 0.5) is 0 Å². The molecule has 1 aromatic heterocycles. The van der Waals surface area contributed by atoms with Gasteiger partial charge in [-0.3, -0.25) is 0 Å². The number of fused-ring (bicyclic) bond motifs is 1. The summed E-state index contributed by atoms with van der Waals surface area (Å²) in [6.07, 6.45) is 7.43. The molecular formula is C10H15NO. The average molecular weight is 165 g/mol. The number of aryl methyl sites for hydroxylation is 2. The van der Waals surface area contributed by atoms with Crippen LogP contribution < -0.4 is 4.57 Å².